The number of nitro benzene ring substituents is 1. The Kier molecular flexibility index (Phi) is 13.0. The van der Waals surface area contributed by atoms with Crippen LogP contribution in [-0.2, 0) is 14.3 Å². The standard InChI is InChI=1S/C35H44N4O11S2/c1-6-51-35(52-7-2)25-10-8-11-37(25)34(43)23-16-29(47-5)31(18-26(23)39(44)45)49-13-9-12-48-30-17-24-22(15-28(30)46-4)33(42)38-19-21(50-20(3)40)14-27(38)32(41)36-24/h15-18,21,25,27,35H,6-14,19H2,1-5H3,(H,36,41)/t21-,25+,27+/m1/s1. The number of anilines is 1. The topological polar surface area (TPSA) is 176 Å². The number of nitrogens with zero attached hydrogens (tertiary/aromatic N) is 3. The van der Waals surface area contributed by atoms with Gasteiger partial charge in [-0.15, -0.1) is 23.5 Å². The molecule has 3 aliphatic heterocycles. The highest BCUT2D eigenvalue weighted by atomic mass is 32.2. The molecule has 1 N–H and O–H groups in total. The lowest BCUT2D eigenvalue weighted by Crippen LogP contribution is -2.41. The van der Waals surface area contributed by atoms with Crippen molar-refractivity contribution in [3.63, 3.8) is 0 Å². The van der Waals surface area contributed by atoms with Gasteiger partial charge < -0.3 is 38.8 Å². The summed E-state index contributed by atoms with van der Waals surface area (Å²) in [7, 11) is 2.84. The largest absolute Gasteiger partial charge is 0.493 e. The molecule has 2 aromatic carbocycles. The number of hydrogen-bond donors (Lipinski definition) is 1. The van der Waals surface area contributed by atoms with E-state index in [1.807, 2.05) is 0 Å². The maximum atomic E-state index is 13.8. The number of esters is 1. The Balaban J connectivity index is 1.24. The van der Waals surface area contributed by atoms with E-state index in [1.165, 1.54) is 50.3 Å². The van der Waals surface area contributed by atoms with Crippen molar-refractivity contribution >= 4 is 58.6 Å². The van der Waals surface area contributed by atoms with Gasteiger partial charge in [0, 0.05) is 38.4 Å². The first kappa shape index (κ1) is 38.8. The van der Waals surface area contributed by atoms with Crippen LogP contribution in [0.2, 0.25) is 0 Å². The Morgan fingerprint density at radius 3 is 2.27 bits per heavy atom. The highest BCUT2D eigenvalue weighted by Crippen LogP contribution is 2.40. The quantitative estimate of drug-likeness (QED) is 0.0797. The predicted molar refractivity (Wildman–Crippen MR) is 196 cm³/mol. The number of likely N-dealkylation sites (tertiary alicyclic amines) is 1. The fraction of sp³-hybridized carbons (Fsp3) is 0.543. The summed E-state index contributed by atoms with van der Waals surface area (Å²) in [6, 6.07) is 4.80. The SMILES string of the molecule is CCSC(SCC)[C@@H]1CCCN1C(=O)c1cc(OC)c(OCCCOc2cc3c(cc2OC)C(=O)N2C[C@H](OC(C)=O)C[C@H]2C(=O)N3)cc1[N+](=O)[O-]. The Labute approximate surface area is 310 Å². The van der Waals surface area contributed by atoms with E-state index in [2.05, 4.69) is 19.2 Å². The lowest BCUT2D eigenvalue weighted by molar-refractivity contribution is -0.385. The zero-order valence-electron chi connectivity index (χ0n) is 29.8. The maximum Gasteiger partial charge on any atom is 0.302 e. The number of rotatable bonds is 16. The number of hydrogen-bond acceptors (Lipinski definition) is 13. The number of ether oxygens (including phenoxy) is 5. The molecular formula is C35H44N4O11S2. The van der Waals surface area contributed by atoms with Crippen molar-refractivity contribution in [2.45, 2.75) is 69.2 Å². The van der Waals surface area contributed by atoms with E-state index in [4.69, 9.17) is 23.7 Å². The lowest BCUT2D eigenvalue weighted by atomic mass is 10.1. The first-order valence-electron chi connectivity index (χ1n) is 17.2. The van der Waals surface area contributed by atoms with Gasteiger partial charge in [-0.05, 0) is 30.4 Å². The van der Waals surface area contributed by atoms with Crippen LogP contribution in [0.4, 0.5) is 11.4 Å². The molecule has 0 unspecified atom stereocenters. The highest BCUT2D eigenvalue weighted by molar-refractivity contribution is 8.17. The van der Waals surface area contributed by atoms with Gasteiger partial charge in [0.1, 0.15) is 17.7 Å². The third-order valence-electron chi connectivity index (χ3n) is 9.00. The second kappa shape index (κ2) is 17.4. The van der Waals surface area contributed by atoms with Crippen LogP contribution in [-0.4, -0.2) is 113 Å². The van der Waals surface area contributed by atoms with E-state index in [0.717, 1.165) is 24.3 Å². The van der Waals surface area contributed by atoms with Crippen molar-refractivity contribution in [1.82, 2.24) is 9.80 Å². The van der Waals surface area contributed by atoms with E-state index in [9.17, 15) is 29.3 Å². The zero-order chi connectivity index (χ0) is 37.5. The molecule has 0 saturated carbocycles. The highest BCUT2D eigenvalue weighted by Gasteiger charge is 2.44. The van der Waals surface area contributed by atoms with Gasteiger partial charge in [0.2, 0.25) is 5.91 Å². The van der Waals surface area contributed by atoms with E-state index in [0.29, 0.717) is 13.0 Å². The summed E-state index contributed by atoms with van der Waals surface area (Å²) in [4.78, 5) is 66.6. The first-order valence-corrected chi connectivity index (χ1v) is 19.3. The van der Waals surface area contributed by atoms with Crippen molar-refractivity contribution in [3.8, 4) is 23.0 Å². The molecule has 3 heterocycles. The molecule has 2 fully saturated rings. The first-order chi connectivity index (χ1) is 25.0. The van der Waals surface area contributed by atoms with Crippen LogP contribution in [0, 0.1) is 10.1 Å². The number of nitro groups is 1. The van der Waals surface area contributed by atoms with E-state index in [1.54, 1.807) is 28.4 Å². The molecule has 282 valence electrons. The Hall–Kier alpha value is -4.38. The van der Waals surface area contributed by atoms with E-state index >= 15 is 0 Å². The summed E-state index contributed by atoms with van der Waals surface area (Å²) in [5.41, 5.74) is 0.0642. The molecule has 3 amide bonds. The van der Waals surface area contributed by atoms with E-state index < -0.39 is 40.8 Å². The lowest BCUT2D eigenvalue weighted by Gasteiger charge is -2.31. The van der Waals surface area contributed by atoms with E-state index in [-0.39, 0.29) is 82.3 Å². The average Bonchev–Trinajstić information content (AvgIpc) is 3.76. The van der Waals surface area contributed by atoms with Crippen LogP contribution in [0.25, 0.3) is 0 Å². The fourth-order valence-electron chi connectivity index (χ4n) is 6.72. The smallest absolute Gasteiger partial charge is 0.302 e. The molecule has 0 aliphatic carbocycles. The molecule has 3 atom stereocenters. The molecular weight excluding hydrogens is 717 g/mol. The second-order valence-electron chi connectivity index (χ2n) is 12.3. The van der Waals surface area contributed by atoms with Crippen LogP contribution in [0.5, 0.6) is 23.0 Å². The van der Waals surface area contributed by atoms with Crippen LogP contribution < -0.4 is 24.3 Å². The number of carbonyl (C=O) groups is 4. The minimum Gasteiger partial charge on any atom is -0.493 e. The molecule has 15 nitrogen and oxygen atoms in total. The van der Waals surface area contributed by atoms with Gasteiger partial charge in [0.25, 0.3) is 17.5 Å². The van der Waals surface area contributed by atoms with Crippen molar-refractivity contribution in [2.24, 2.45) is 0 Å². The molecule has 52 heavy (non-hydrogen) atoms. The third kappa shape index (κ3) is 8.46. The Bertz CT molecular complexity index is 1690. The number of methoxy groups -OCH3 is 2. The number of thioether (sulfide) groups is 2. The molecule has 0 spiro atoms. The monoisotopic (exact) mass is 760 g/mol. The summed E-state index contributed by atoms with van der Waals surface area (Å²) in [6.07, 6.45) is 1.62. The van der Waals surface area contributed by atoms with Crippen molar-refractivity contribution < 1.29 is 47.8 Å². The molecule has 0 aromatic heterocycles. The van der Waals surface area contributed by atoms with Gasteiger partial charge in [-0.25, -0.2) is 0 Å². The maximum absolute atomic E-state index is 13.8. The Morgan fingerprint density at radius 1 is 1.00 bits per heavy atom. The van der Waals surface area contributed by atoms with Crippen molar-refractivity contribution in [1.29, 1.82) is 0 Å². The molecule has 5 rings (SSSR count). The molecule has 2 aromatic rings. The molecule has 17 heteroatoms. The normalized spacial score (nSPS) is 19.5. The van der Waals surface area contributed by atoms with Gasteiger partial charge in [-0.2, -0.15) is 0 Å². The number of carbonyl (C=O) groups excluding carboxylic acids is 4. The van der Waals surface area contributed by atoms with Gasteiger partial charge in [-0.1, -0.05) is 13.8 Å². The number of nitrogens with one attached hydrogen (secondary N) is 1. The number of benzene rings is 2. The minimum atomic E-state index is -0.795. The van der Waals surface area contributed by atoms with Gasteiger partial charge in [0.05, 0.1) is 66.8 Å². The summed E-state index contributed by atoms with van der Waals surface area (Å²) in [5, 5.41) is 15.0. The predicted octanol–water partition coefficient (Wildman–Crippen LogP) is 5.00. The summed E-state index contributed by atoms with van der Waals surface area (Å²) < 4.78 is 28.3. The van der Waals surface area contributed by atoms with Gasteiger partial charge in [-0.3, -0.25) is 29.3 Å². The Morgan fingerprint density at radius 2 is 1.65 bits per heavy atom. The minimum absolute atomic E-state index is 0.0298. The average molecular weight is 761 g/mol. The fourth-order valence-corrected chi connectivity index (χ4v) is 9.59. The molecule has 0 bridgehead atoms. The number of fused-ring (bicyclic) bond motifs is 2. The van der Waals surface area contributed by atoms with Crippen LogP contribution >= 0.6 is 23.5 Å². The van der Waals surface area contributed by atoms with Crippen LogP contribution in [0.1, 0.15) is 67.2 Å². The molecule has 3 aliphatic rings. The second-order valence-corrected chi connectivity index (χ2v) is 15.4. The molecule has 0 radical (unpaired) electrons. The summed E-state index contributed by atoms with van der Waals surface area (Å²) in [6.45, 7) is 6.28. The third-order valence-corrected chi connectivity index (χ3v) is 11.8. The van der Waals surface area contributed by atoms with Gasteiger partial charge >= 0.3 is 5.97 Å². The van der Waals surface area contributed by atoms with Gasteiger partial charge in [0.15, 0.2) is 23.0 Å². The van der Waals surface area contributed by atoms with Crippen molar-refractivity contribution in [2.75, 3.05) is 57.3 Å². The summed E-state index contributed by atoms with van der Waals surface area (Å²) >= 11 is 3.58. The van der Waals surface area contributed by atoms with Crippen LogP contribution in [0.15, 0.2) is 24.3 Å². The summed E-state index contributed by atoms with van der Waals surface area (Å²) in [5.74, 6) is 0.974. The number of amides is 3. The molecule has 2 saturated heterocycles. The van der Waals surface area contributed by atoms with Crippen LogP contribution in [0.3, 0.4) is 0 Å². The zero-order valence-corrected chi connectivity index (χ0v) is 31.5. The van der Waals surface area contributed by atoms with Crippen molar-refractivity contribution in [3.05, 3.63) is 45.5 Å².